The Kier molecular flexibility index (Phi) is 35.5. The zero-order valence-corrected chi connectivity index (χ0v) is 36.1. The summed E-state index contributed by atoms with van der Waals surface area (Å²) >= 11 is 0. The summed E-state index contributed by atoms with van der Waals surface area (Å²) in [6, 6.07) is -0.890. The molecular formula is C44H85N2O6P. The summed E-state index contributed by atoms with van der Waals surface area (Å²) in [5.41, 5.74) is 0. The molecule has 2 N–H and O–H groups in total. The fourth-order valence-corrected chi connectivity index (χ4v) is 6.81. The Morgan fingerprint density at radius 1 is 0.660 bits per heavy atom. The number of rotatable bonds is 39. The number of amides is 1. The molecule has 0 bridgehead atoms. The van der Waals surface area contributed by atoms with E-state index in [4.69, 9.17) is 9.05 Å². The molecule has 312 valence electrons. The van der Waals surface area contributed by atoms with E-state index in [9.17, 15) is 19.4 Å². The van der Waals surface area contributed by atoms with Crippen molar-refractivity contribution < 1.29 is 32.9 Å². The number of likely N-dealkylation sites (N-methyl/N-ethyl adjacent to an activating group) is 1. The molecule has 0 aliphatic rings. The third kappa shape index (κ3) is 38.8. The number of unbranched alkanes of at least 4 members (excludes halogenated alkanes) is 23. The standard InChI is InChI=1S/C44H85N2O6P/c1-6-8-10-12-14-16-18-20-22-24-25-27-29-31-33-35-37-43(47)42(41-52-53(49,50)51-40-39-46(3,4)5)45-44(48)38-36-34-32-30-28-26-23-21-19-17-15-13-11-9-7-2/h15,17,19,21,35,37,42-43,47H,6-14,16,18,20,22-34,36,38-41H2,1-5H3,(H-,45,48,49,50)/b17-15-,21-19-,37-35+. The fourth-order valence-electron chi connectivity index (χ4n) is 6.08. The van der Waals surface area contributed by atoms with E-state index in [2.05, 4.69) is 43.5 Å². The lowest BCUT2D eigenvalue weighted by molar-refractivity contribution is -0.870. The molecule has 0 aliphatic carbocycles. The van der Waals surface area contributed by atoms with Gasteiger partial charge in [-0.15, -0.1) is 0 Å². The summed E-state index contributed by atoms with van der Waals surface area (Å²) in [6.07, 6.45) is 43.2. The van der Waals surface area contributed by atoms with Crippen LogP contribution in [-0.2, 0) is 18.4 Å². The Morgan fingerprint density at radius 3 is 1.57 bits per heavy atom. The average molecular weight is 769 g/mol. The van der Waals surface area contributed by atoms with Crippen molar-refractivity contribution in [1.82, 2.24) is 5.32 Å². The number of aliphatic hydroxyl groups excluding tert-OH is 1. The number of hydrogen-bond acceptors (Lipinski definition) is 6. The zero-order valence-electron chi connectivity index (χ0n) is 35.2. The molecule has 0 radical (unpaired) electrons. The second kappa shape index (κ2) is 36.4. The van der Waals surface area contributed by atoms with E-state index in [-0.39, 0.29) is 19.1 Å². The van der Waals surface area contributed by atoms with Gasteiger partial charge in [-0.05, 0) is 44.9 Å². The number of phosphoric ester groups is 1. The fraction of sp³-hybridized carbons (Fsp3) is 0.841. The summed E-state index contributed by atoms with van der Waals surface area (Å²) in [7, 11) is 1.25. The molecule has 53 heavy (non-hydrogen) atoms. The molecule has 8 nitrogen and oxygen atoms in total. The molecule has 3 unspecified atom stereocenters. The second-order valence-electron chi connectivity index (χ2n) is 16.1. The summed E-state index contributed by atoms with van der Waals surface area (Å²) in [6.45, 7) is 4.60. The number of phosphoric acid groups is 1. The lowest BCUT2D eigenvalue weighted by Gasteiger charge is -2.29. The first-order valence-electron chi connectivity index (χ1n) is 21.9. The summed E-state index contributed by atoms with van der Waals surface area (Å²) in [5, 5.41) is 13.8. The van der Waals surface area contributed by atoms with Crippen LogP contribution in [0.25, 0.3) is 0 Å². The molecule has 0 aromatic carbocycles. The summed E-state index contributed by atoms with van der Waals surface area (Å²) in [5.74, 6) is -0.211. The molecule has 9 heteroatoms. The van der Waals surface area contributed by atoms with Crippen LogP contribution < -0.4 is 10.2 Å². The van der Waals surface area contributed by atoms with Crippen molar-refractivity contribution in [1.29, 1.82) is 0 Å². The van der Waals surface area contributed by atoms with Gasteiger partial charge < -0.3 is 28.8 Å². The minimum absolute atomic E-state index is 0.00378. The summed E-state index contributed by atoms with van der Waals surface area (Å²) in [4.78, 5) is 25.3. The number of nitrogens with one attached hydrogen (secondary N) is 1. The molecule has 0 saturated heterocycles. The first kappa shape index (κ1) is 51.7. The number of carbonyl (C=O) groups is 1. The molecule has 3 atom stereocenters. The Bertz CT molecular complexity index is 964. The maximum atomic E-state index is 12.8. The van der Waals surface area contributed by atoms with Crippen LogP contribution in [0.2, 0.25) is 0 Å². The largest absolute Gasteiger partial charge is 0.756 e. The molecule has 0 spiro atoms. The Labute approximate surface area is 327 Å². The second-order valence-corrected chi connectivity index (χ2v) is 17.5. The van der Waals surface area contributed by atoms with E-state index in [1.54, 1.807) is 6.08 Å². The lowest BCUT2D eigenvalue weighted by atomic mass is 10.0. The molecule has 0 aromatic rings. The first-order chi connectivity index (χ1) is 25.5. The van der Waals surface area contributed by atoms with Crippen LogP contribution in [0.3, 0.4) is 0 Å². The van der Waals surface area contributed by atoms with Crippen LogP contribution in [0.1, 0.15) is 187 Å². The molecule has 0 aliphatic heterocycles. The number of hydrogen-bond donors (Lipinski definition) is 2. The number of aliphatic hydroxyl groups is 1. The molecule has 0 saturated carbocycles. The third-order valence-electron chi connectivity index (χ3n) is 9.62. The molecular weight excluding hydrogens is 683 g/mol. The molecule has 0 aromatic heterocycles. The Balaban J connectivity index is 4.47. The average Bonchev–Trinajstić information content (AvgIpc) is 3.10. The monoisotopic (exact) mass is 769 g/mol. The quantitative estimate of drug-likeness (QED) is 0.0212. The SMILES string of the molecule is CCCCC/C=C\C=C/CCCCCCCCC(=O)NC(COP(=O)([O-])OCC[N+](C)(C)C)C(O)/C=C/CCCCCCCCCCCCCCCC. The van der Waals surface area contributed by atoms with E-state index in [1.165, 1.54) is 109 Å². The van der Waals surface area contributed by atoms with Gasteiger partial charge in [-0.2, -0.15) is 0 Å². The van der Waals surface area contributed by atoms with Crippen molar-refractivity contribution in [3.8, 4) is 0 Å². The van der Waals surface area contributed by atoms with E-state index >= 15 is 0 Å². The van der Waals surface area contributed by atoms with Gasteiger partial charge in [0.15, 0.2) is 0 Å². The predicted molar refractivity (Wildman–Crippen MR) is 224 cm³/mol. The highest BCUT2D eigenvalue weighted by Gasteiger charge is 2.23. The van der Waals surface area contributed by atoms with Crippen molar-refractivity contribution in [2.24, 2.45) is 0 Å². The van der Waals surface area contributed by atoms with Crippen molar-refractivity contribution in [3.05, 3.63) is 36.5 Å². The summed E-state index contributed by atoms with van der Waals surface area (Å²) < 4.78 is 23.2. The zero-order chi connectivity index (χ0) is 39.3. The van der Waals surface area contributed by atoms with E-state index in [0.29, 0.717) is 17.4 Å². The van der Waals surface area contributed by atoms with Gasteiger partial charge in [-0.3, -0.25) is 9.36 Å². The van der Waals surface area contributed by atoms with E-state index in [0.717, 1.165) is 57.8 Å². The van der Waals surface area contributed by atoms with Crippen LogP contribution in [0.15, 0.2) is 36.5 Å². The Hall–Kier alpha value is -1.28. The van der Waals surface area contributed by atoms with Crippen molar-refractivity contribution >= 4 is 13.7 Å². The van der Waals surface area contributed by atoms with Crippen molar-refractivity contribution in [2.45, 2.75) is 199 Å². The smallest absolute Gasteiger partial charge is 0.268 e. The van der Waals surface area contributed by atoms with Crippen molar-refractivity contribution in [2.75, 3.05) is 40.9 Å². The number of nitrogens with zero attached hydrogens (tertiary/aromatic N) is 1. The normalized spacial score (nSPS) is 14.8. The van der Waals surface area contributed by atoms with Crippen molar-refractivity contribution in [3.63, 3.8) is 0 Å². The maximum absolute atomic E-state index is 12.8. The topological polar surface area (TPSA) is 108 Å². The first-order valence-corrected chi connectivity index (χ1v) is 23.3. The minimum atomic E-state index is -4.59. The molecule has 1 amide bonds. The van der Waals surface area contributed by atoms with Gasteiger partial charge in [0.05, 0.1) is 39.9 Å². The molecule has 0 rings (SSSR count). The highest BCUT2D eigenvalue weighted by molar-refractivity contribution is 7.45. The van der Waals surface area contributed by atoms with Crippen LogP contribution in [0.4, 0.5) is 0 Å². The van der Waals surface area contributed by atoms with Gasteiger partial charge in [0.25, 0.3) is 7.82 Å². The van der Waals surface area contributed by atoms with E-state index in [1.807, 2.05) is 27.2 Å². The maximum Gasteiger partial charge on any atom is 0.268 e. The van der Waals surface area contributed by atoms with Crippen LogP contribution in [0.5, 0.6) is 0 Å². The minimum Gasteiger partial charge on any atom is -0.756 e. The van der Waals surface area contributed by atoms with Gasteiger partial charge in [0.2, 0.25) is 5.91 Å². The number of quaternary nitrogens is 1. The lowest BCUT2D eigenvalue weighted by Crippen LogP contribution is -2.45. The van der Waals surface area contributed by atoms with E-state index < -0.39 is 20.0 Å². The van der Waals surface area contributed by atoms with Gasteiger partial charge in [-0.1, -0.05) is 172 Å². The van der Waals surface area contributed by atoms with Gasteiger partial charge in [-0.25, -0.2) is 0 Å². The van der Waals surface area contributed by atoms with Gasteiger partial charge in [0, 0.05) is 6.42 Å². The highest BCUT2D eigenvalue weighted by Crippen LogP contribution is 2.38. The van der Waals surface area contributed by atoms with Gasteiger partial charge >= 0.3 is 0 Å². The third-order valence-corrected chi connectivity index (χ3v) is 10.6. The van der Waals surface area contributed by atoms with Crippen LogP contribution in [0, 0.1) is 0 Å². The van der Waals surface area contributed by atoms with Gasteiger partial charge in [0.1, 0.15) is 13.2 Å². The number of allylic oxidation sites excluding steroid dienone is 5. The Morgan fingerprint density at radius 2 is 1.08 bits per heavy atom. The number of carbonyl (C=O) groups excluding carboxylic acids is 1. The molecule has 0 heterocycles. The van der Waals surface area contributed by atoms with Crippen LogP contribution >= 0.6 is 7.82 Å². The highest BCUT2D eigenvalue weighted by atomic mass is 31.2. The molecule has 0 fully saturated rings. The van der Waals surface area contributed by atoms with Crippen LogP contribution in [-0.4, -0.2) is 68.5 Å². The predicted octanol–water partition coefficient (Wildman–Crippen LogP) is 11.3.